The van der Waals surface area contributed by atoms with E-state index in [1.807, 2.05) is 39.0 Å². The zero-order chi connectivity index (χ0) is 61.8. The van der Waals surface area contributed by atoms with Crippen molar-refractivity contribution in [2.75, 3.05) is 31.1 Å². The Morgan fingerprint density at radius 2 is 1.39 bits per heavy atom. The quantitative estimate of drug-likeness (QED) is 0.0342. The monoisotopic (exact) mass is 1180 g/mol. The zero-order valence-corrected chi connectivity index (χ0v) is 45.1. The van der Waals surface area contributed by atoms with E-state index in [-0.39, 0.29) is 49.4 Å². The Labute approximate surface area is 468 Å². The van der Waals surface area contributed by atoms with Crippen LogP contribution in [0.2, 0.25) is 0 Å². The number of rotatable bonds is 30. The van der Waals surface area contributed by atoms with Crippen LogP contribution in [0.4, 0.5) is 22.0 Å². The number of imide groups is 1. The first-order valence-corrected chi connectivity index (χ1v) is 25.9. The number of nitrogens with two attached hydrogens (primary N) is 2. The van der Waals surface area contributed by atoms with Crippen molar-refractivity contribution in [1.29, 1.82) is 0 Å². The number of nitrogens with one attached hydrogen (secondary N) is 3. The van der Waals surface area contributed by atoms with Crippen molar-refractivity contribution >= 4 is 82.8 Å². The van der Waals surface area contributed by atoms with Gasteiger partial charge in [0.2, 0.25) is 29.5 Å². The molecule has 82 heavy (non-hydrogen) atoms. The van der Waals surface area contributed by atoms with Crippen LogP contribution in [-0.2, 0) is 64.1 Å². The third-order valence-corrected chi connectivity index (χ3v) is 13.1. The van der Waals surface area contributed by atoms with Gasteiger partial charge in [0.15, 0.2) is 5.78 Å². The van der Waals surface area contributed by atoms with Crippen molar-refractivity contribution in [3.05, 3.63) is 95.8 Å². The van der Waals surface area contributed by atoms with Gasteiger partial charge in [0.05, 0.1) is 36.2 Å². The van der Waals surface area contributed by atoms with Crippen molar-refractivity contribution < 1.29 is 99.9 Å². The minimum Gasteiger partial charge on any atom is -0.481 e. The van der Waals surface area contributed by atoms with E-state index in [1.54, 1.807) is 29.0 Å². The molecule has 11 N–H and O–H groups in total. The second-order valence-corrected chi connectivity index (χ2v) is 20.5. The number of ketones is 1. The number of primary amides is 1. The van der Waals surface area contributed by atoms with Crippen molar-refractivity contribution in [1.82, 2.24) is 30.3 Å². The van der Waals surface area contributed by atoms with Crippen molar-refractivity contribution in [3.63, 3.8) is 0 Å². The van der Waals surface area contributed by atoms with E-state index in [0.717, 1.165) is 47.7 Å². The van der Waals surface area contributed by atoms with Gasteiger partial charge in [0, 0.05) is 79.8 Å². The van der Waals surface area contributed by atoms with Crippen molar-refractivity contribution in [2.24, 2.45) is 22.8 Å². The molecule has 5 atom stereocenters. The van der Waals surface area contributed by atoms with Gasteiger partial charge >= 0.3 is 30.1 Å². The molecule has 0 spiro atoms. The lowest BCUT2D eigenvalue weighted by Gasteiger charge is -2.41. The van der Waals surface area contributed by atoms with Gasteiger partial charge in [-0.25, -0.2) is 18.4 Å². The number of amides is 7. The lowest BCUT2D eigenvalue weighted by molar-refractivity contribution is -0.192. The van der Waals surface area contributed by atoms with E-state index < -0.39 is 162 Å². The molecule has 0 unspecified atom stereocenters. The van der Waals surface area contributed by atoms with Gasteiger partial charge in [-0.05, 0) is 48.1 Å². The first-order valence-electron chi connectivity index (χ1n) is 24.7. The second kappa shape index (κ2) is 30.9. The van der Waals surface area contributed by atoms with Gasteiger partial charge in [0.25, 0.3) is 11.8 Å². The molecule has 1 aliphatic rings. The summed E-state index contributed by atoms with van der Waals surface area (Å²) >= 11 is 0.826. The Hall–Kier alpha value is -8.54. The summed E-state index contributed by atoms with van der Waals surface area (Å²) in [7, 11) is 0. The minimum absolute atomic E-state index is 0.0729. The molecule has 0 aliphatic carbocycles. The van der Waals surface area contributed by atoms with Gasteiger partial charge in [-0.2, -0.15) is 24.9 Å². The highest BCUT2D eigenvalue weighted by Gasteiger charge is 2.40. The topological polar surface area (TPSA) is 385 Å². The highest BCUT2D eigenvalue weighted by atomic mass is 32.2. The Morgan fingerprint density at radius 1 is 0.780 bits per heavy atom. The predicted molar refractivity (Wildman–Crippen MR) is 279 cm³/mol. The molecular weight excluding hydrogens is 1120 g/mol. The van der Waals surface area contributed by atoms with Crippen molar-refractivity contribution in [2.45, 2.75) is 96.2 Å². The predicted octanol–water partition coefficient (Wildman–Crippen LogP) is 2.37. The third-order valence-electron chi connectivity index (χ3n) is 12.0. The average molecular weight is 1180 g/mol. The fourth-order valence-electron chi connectivity index (χ4n) is 8.03. The maximum absolute atomic E-state index is 15.4. The highest BCUT2D eigenvalue weighted by molar-refractivity contribution is 7.99. The Kier molecular flexibility index (Phi) is 25.5. The van der Waals surface area contributed by atoms with E-state index in [0.29, 0.717) is 10.6 Å². The van der Waals surface area contributed by atoms with E-state index in [1.165, 1.54) is 4.90 Å². The first-order chi connectivity index (χ1) is 38.2. The number of aliphatic carboxylic acids is 4. The molecule has 4 rings (SSSR count). The summed E-state index contributed by atoms with van der Waals surface area (Å²) in [5, 5.41) is 42.6. The molecular formula is C52H61F5N8O16S. The number of hydrogen-bond donors (Lipinski definition) is 9. The van der Waals surface area contributed by atoms with Gasteiger partial charge in [-0.1, -0.05) is 51.1 Å². The molecule has 3 aromatic rings. The Bertz CT molecular complexity index is 2880. The van der Waals surface area contributed by atoms with E-state index in [2.05, 4.69) is 16.0 Å². The van der Waals surface area contributed by atoms with Crippen LogP contribution in [-0.4, -0.2) is 161 Å². The molecule has 1 aromatic heterocycles. The standard InChI is InChI=1S/C50H60F2N8O14S.C2HF3O2/c1-50(2,3)46(37-19-29(32-21-31(51)9-10-33(32)52)24-58(37)23-28-7-5-4-6-8-28)59(18-16-34(53)47(70)55-17-15-40(63)56-35(49(73)74)11-14-45(68)69)44(67)27-75-26-30(48(71)72)20-38(61)36(22-39(54)62)57-41(64)25-60-42(65)12-13-43(60)66;3-2(4,5)1(6)7/h4-10,12-13,19,21,24,30,34-36,46H,11,14-18,20,22-23,25-27,53H2,1-3H3,(H2,54,62)(H,55,70)(H,56,63)(H,57,64)(H,68,69)(H,71,72)(H,73,74);(H,6,7)/t30-,34-,35+,36-,46-;/m0./s1. The molecule has 0 saturated carbocycles. The molecule has 7 amide bonds. The Morgan fingerprint density at radius 3 is 1.94 bits per heavy atom. The molecule has 446 valence electrons. The summed E-state index contributed by atoms with van der Waals surface area (Å²) in [4.78, 5) is 149. The first kappa shape index (κ1) is 67.7. The minimum atomic E-state index is -5.08. The van der Waals surface area contributed by atoms with Crippen LogP contribution in [0.5, 0.6) is 0 Å². The summed E-state index contributed by atoms with van der Waals surface area (Å²) in [6.45, 7) is 4.28. The van der Waals surface area contributed by atoms with Crippen LogP contribution in [0.25, 0.3) is 11.1 Å². The number of carbonyl (C=O) groups is 12. The second-order valence-electron chi connectivity index (χ2n) is 19.5. The van der Waals surface area contributed by atoms with Gasteiger partial charge < -0.3 is 57.3 Å². The average Bonchev–Trinajstić information content (AvgIpc) is 4.12. The number of hydrogen-bond acceptors (Lipinski definition) is 14. The molecule has 0 saturated heterocycles. The summed E-state index contributed by atoms with van der Waals surface area (Å²) in [5.74, 6) is -17.4. The normalized spacial score (nSPS) is 14.0. The highest BCUT2D eigenvalue weighted by Crippen LogP contribution is 2.41. The molecule has 0 fully saturated rings. The van der Waals surface area contributed by atoms with Crippen LogP contribution >= 0.6 is 11.8 Å². The molecule has 30 heteroatoms. The fraction of sp³-hybridized carbons (Fsp3) is 0.423. The maximum atomic E-state index is 15.4. The maximum Gasteiger partial charge on any atom is 0.490 e. The van der Waals surface area contributed by atoms with Crippen LogP contribution < -0.4 is 27.4 Å². The Balaban J connectivity index is 0.00000236. The molecule has 1 aliphatic heterocycles. The zero-order valence-electron chi connectivity index (χ0n) is 44.3. The summed E-state index contributed by atoms with van der Waals surface area (Å²) in [6.07, 6.45) is -4.63. The lowest BCUT2D eigenvalue weighted by atomic mass is 9.82. The summed E-state index contributed by atoms with van der Waals surface area (Å²) < 4.78 is 63.6. The molecule has 2 aromatic carbocycles. The molecule has 2 heterocycles. The van der Waals surface area contributed by atoms with E-state index in [9.17, 15) is 80.5 Å². The lowest BCUT2D eigenvalue weighted by Crippen LogP contribution is -2.48. The van der Waals surface area contributed by atoms with Gasteiger partial charge in [-0.15, -0.1) is 0 Å². The smallest absolute Gasteiger partial charge is 0.481 e. The van der Waals surface area contributed by atoms with E-state index >= 15 is 4.39 Å². The number of thioether (sulfide) groups is 1. The molecule has 0 bridgehead atoms. The number of alkyl halides is 3. The van der Waals surface area contributed by atoms with Crippen LogP contribution in [0.1, 0.15) is 76.6 Å². The number of Topliss-reactive ketones (excluding diaryl/α,β-unsaturated/α-hetero) is 1. The van der Waals surface area contributed by atoms with Crippen molar-refractivity contribution in [3.8, 4) is 11.1 Å². The number of benzene rings is 2. The SMILES string of the molecule is CC(C)(C)[C@H](c1cc(-c2cc(F)ccc2F)cn1Cc1ccccc1)N(CC[C@H](N)C(=O)NCCC(=O)N[C@H](CCC(=O)O)C(=O)O)C(=O)CSC[C@H](CC(=O)[C@H](CC(N)=O)NC(=O)CN1C(=O)C=CC1=O)C(=O)O.O=C(O)C(F)(F)F. The number of carboxylic acids is 4. The van der Waals surface area contributed by atoms with Crippen LogP contribution in [0.15, 0.2) is 72.9 Å². The van der Waals surface area contributed by atoms with Crippen LogP contribution in [0, 0.1) is 23.0 Å². The molecule has 0 radical (unpaired) electrons. The summed E-state index contributed by atoms with van der Waals surface area (Å²) in [6, 6.07) is 8.31. The number of nitrogens with zero attached hydrogens (tertiary/aromatic N) is 3. The molecule has 24 nitrogen and oxygen atoms in total. The van der Waals surface area contributed by atoms with E-state index in [4.69, 9.17) is 26.5 Å². The number of aromatic nitrogens is 1. The summed E-state index contributed by atoms with van der Waals surface area (Å²) in [5.41, 5.74) is 12.2. The number of carbonyl (C=O) groups excluding carboxylic acids is 8. The van der Waals surface area contributed by atoms with Gasteiger partial charge in [0.1, 0.15) is 24.2 Å². The van der Waals surface area contributed by atoms with Crippen LogP contribution in [0.3, 0.4) is 0 Å². The largest absolute Gasteiger partial charge is 0.490 e. The number of carboxylic acid groups (broad SMARTS) is 4. The fourth-order valence-corrected chi connectivity index (χ4v) is 9.04. The van der Waals surface area contributed by atoms with Gasteiger partial charge in [-0.3, -0.25) is 52.8 Å². The third kappa shape index (κ3) is 21.8. The number of halogens is 5.